The molecule has 0 rings (SSSR count). The molecule has 3 atom stereocenters. The van der Waals surface area contributed by atoms with Gasteiger partial charge in [-0.3, -0.25) is 19.2 Å². The van der Waals surface area contributed by atoms with Crippen molar-refractivity contribution in [2.24, 2.45) is 5.73 Å². The number of aliphatic carboxylic acids is 2. The number of rotatable bonds is 27. The molecular formula is C30H54N4O8. The van der Waals surface area contributed by atoms with Crippen LogP contribution in [-0.4, -0.2) is 70.3 Å². The summed E-state index contributed by atoms with van der Waals surface area (Å²) in [5, 5.41) is 26.3. The van der Waals surface area contributed by atoms with Gasteiger partial charge in [-0.05, 0) is 45.4 Å². The van der Waals surface area contributed by atoms with E-state index in [1.807, 2.05) is 0 Å². The molecule has 0 saturated carbocycles. The number of hydrogen-bond acceptors (Lipinski definition) is 7. The Labute approximate surface area is 250 Å². The lowest BCUT2D eigenvalue weighted by atomic mass is 10.1. The predicted molar refractivity (Wildman–Crippen MR) is 160 cm³/mol. The van der Waals surface area contributed by atoms with Gasteiger partial charge in [0.05, 0.1) is 6.04 Å². The zero-order chi connectivity index (χ0) is 31.8. The highest BCUT2D eigenvalue weighted by molar-refractivity contribution is 5.86. The monoisotopic (exact) mass is 598 g/mol. The fourth-order valence-electron chi connectivity index (χ4n) is 4.38. The first kappa shape index (κ1) is 39.0. The maximum absolute atomic E-state index is 12.3. The zero-order valence-electron chi connectivity index (χ0n) is 25.6. The lowest BCUT2D eigenvalue weighted by molar-refractivity contribution is -0.143. The van der Waals surface area contributed by atoms with Crippen molar-refractivity contribution in [2.75, 3.05) is 6.54 Å². The van der Waals surface area contributed by atoms with E-state index >= 15 is 0 Å². The van der Waals surface area contributed by atoms with E-state index in [1.165, 1.54) is 45.4 Å². The molecule has 0 aromatic heterocycles. The summed E-state index contributed by atoms with van der Waals surface area (Å²) in [5.41, 5.74) is 5.65. The minimum Gasteiger partial charge on any atom is -0.480 e. The number of hydrogen-bond donors (Lipinski definition) is 6. The first-order valence-electron chi connectivity index (χ1n) is 15.5. The van der Waals surface area contributed by atoms with Gasteiger partial charge in [-0.1, -0.05) is 64.7 Å². The number of nitrogens with two attached hydrogens (primary N) is 1. The second-order valence-electron chi connectivity index (χ2n) is 11.0. The van der Waals surface area contributed by atoms with E-state index in [0.29, 0.717) is 32.2 Å². The van der Waals surface area contributed by atoms with Crippen LogP contribution in [0.25, 0.3) is 0 Å². The van der Waals surface area contributed by atoms with Gasteiger partial charge in [-0.15, -0.1) is 0 Å². The summed E-state index contributed by atoms with van der Waals surface area (Å²) in [6.07, 6.45) is 12.5. The molecule has 242 valence electrons. The molecule has 12 nitrogen and oxygen atoms in total. The molecular weight excluding hydrogens is 544 g/mol. The van der Waals surface area contributed by atoms with Crippen LogP contribution in [0.1, 0.15) is 129 Å². The van der Waals surface area contributed by atoms with Crippen LogP contribution in [0.5, 0.6) is 0 Å². The van der Waals surface area contributed by atoms with Crippen LogP contribution in [0.15, 0.2) is 0 Å². The molecule has 0 fully saturated rings. The van der Waals surface area contributed by atoms with E-state index in [0.717, 1.165) is 19.3 Å². The lowest BCUT2D eigenvalue weighted by Gasteiger charge is -2.17. The van der Waals surface area contributed by atoms with Crippen LogP contribution in [0.4, 0.5) is 0 Å². The van der Waals surface area contributed by atoms with Crippen LogP contribution in [0.3, 0.4) is 0 Å². The van der Waals surface area contributed by atoms with Crippen molar-refractivity contribution in [1.82, 2.24) is 16.0 Å². The first-order chi connectivity index (χ1) is 20.0. The van der Waals surface area contributed by atoms with Crippen LogP contribution in [-0.2, 0) is 28.8 Å². The molecule has 0 aliphatic carbocycles. The number of unbranched alkanes of at least 4 members (excludes halogenated alkanes) is 10. The minimum absolute atomic E-state index is 0.0939. The SMILES string of the molecule is CCCCCCCCCCCCC(=O)N[C@@H](CCC(=O)N[C@@H](CCC(=O)NCCCC[C@H](N)C(C)=O)C(=O)O)C(=O)O. The highest BCUT2D eigenvalue weighted by Crippen LogP contribution is 2.11. The summed E-state index contributed by atoms with van der Waals surface area (Å²) in [7, 11) is 0. The average Bonchev–Trinajstić information content (AvgIpc) is 2.93. The molecule has 0 aliphatic heterocycles. The number of nitrogens with one attached hydrogen (secondary N) is 3. The number of carbonyl (C=O) groups excluding carboxylic acids is 4. The summed E-state index contributed by atoms with van der Waals surface area (Å²) >= 11 is 0. The Morgan fingerprint density at radius 3 is 1.52 bits per heavy atom. The average molecular weight is 599 g/mol. The maximum atomic E-state index is 12.3. The molecule has 42 heavy (non-hydrogen) atoms. The molecule has 0 bridgehead atoms. The molecule has 0 saturated heterocycles. The molecule has 0 aromatic rings. The van der Waals surface area contributed by atoms with Gasteiger partial charge in [0, 0.05) is 25.8 Å². The number of Topliss-reactive ketones (excluding diaryl/α,β-unsaturated/α-hetero) is 1. The third-order valence-corrected chi connectivity index (χ3v) is 7.13. The van der Waals surface area contributed by atoms with E-state index in [1.54, 1.807) is 0 Å². The number of ketones is 1. The van der Waals surface area contributed by atoms with E-state index in [-0.39, 0.29) is 43.8 Å². The zero-order valence-corrected chi connectivity index (χ0v) is 25.6. The number of carboxylic acids is 2. The fraction of sp³-hybridized carbons (Fsp3) is 0.800. The Morgan fingerprint density at radius 1 is 0.595 bits per heavy atom. The molecule has 0 unspecified atom stereocenters. The first-order valence-corrected chi connectivity index (χ1v) is 15.5. The second kappa shape index (κ2) is 24.6. The largest absolute Gasteiger partial charge is 0.480 e. The van der Waals surface area contributed by atoms with Crippen molar-refractivity contribution in [1.29, 1.82) is 0 Å². The van der Waals surface area contributed by atoms with Gasteiger partial charge in [0.15, 0.2) is 0 Å². The highest BCUT2D eigenvalue weighted by atomic mass is 16.4. The Bertz CT molecular complexity index is 836. The lowest BCUT2D eigenvalue weighted by Crippen LogP contribution is -2.44. The van der Waals surface area contributed by atoms with Crippen molar-refractivity contribution >= 4 is 35.4 Å². The van der Waals surface area contributed by atoms with Crippen molar-refractivity contribution in [3.63, 3.8) is 0 Å². The van der Waals surface area contributed by atoms with Crippen molar-refractivity contribution in [3.05, 3.63) is 0 Å². The topological polar surface area (TPSA) is 205 Å². The van der Waals surface area contributed by atoms with Gasteiger partial charge in [0.2, 0.25) is 17.7 Å². The molecule has 0 radical (unpaired) electrons. The number of amides is 3. The number of carbonyl (C=O) groups is 6. The summed E-state index contributed by atoms with van der Waals surface area (Å²) in [6, 6.07) is -3.09. The van der Waals surface area contributed by atoms with E-state index in [2.05, 4.69) is 22.9 Å². The molecule has 12 heteroatoms. The van der Waals surface area contributed by atoms with E-state index in [4.69, 9.17) is 5.73 Å². The predicted octanol–water partition coefficient (Wildman–Crippen LogP) is 3.20. The summed E-state index contributed by atoms with van der Waals surface area (Å²) < 4.78 is 0. The van der Waals surface area contributed by atoms with Gasteiger partial charge in [-0.25, -0.2) is 9.59 Å². The van der Waals surface area contributed by atoms with Crippen LogP contribution < -0.4 is 21.7 Å². The molecule has 7 N–H and O–H groups in total. The second-order valence-corrected chi connectivity index (χ2v) is 11.0. The minimum atomic E-state index is -1.31. The van der Waals surface area contributed by atoms with E-state index < -0.39 is 41.9 Å². The molecule has 0 aromatic carbocycles. The van der Waals surface area contributed by atoms with Gasteiger partial charge in [0.25, 0.3) is 0 Å². The van der Waals surface area contributed by atoms with Gasteiger partial charge >= 0.3 is 11.9 Å². The van der Waals surface area contributed by atoms with Crippen LogP contribution in [0.2, 0.25) is 0 Å². The molecule has 0 aliphatic rings. The third-order valence-electron chi connectivity index (χ3n) is 7.13. The van der Waals surface area contributed by atoms with Crippen molar-refractivity contribution < 1.29 is 39.0 Å². The molecule has 0 heterocycles. The standard InChI is InChI=1S/C30H54N4O8/c1-3-4-5-6-7-8-9-10-11-12-16-27(37)33-25(30(41)42)18-20-28(38)34-24(29(39)40)17-19-26(36)32-21-14-13-15-23(31)22(2)35/h23-25H,3-21,31H2,1-2H3,(H,32,36)(H,33,37)(H,34,38)(H,39,40)(H,41,42)/t23-,24-,25-/m0/s1. The Morgan fingerprint density at radius 2 is 1.05 bits per heavy atom. The third kappa shape index (κ3) is 21.7. The van der Waals surface area contributed by atoms with E-state index in [9.17, 15) is 39.0 Å². The van der Waals surface area contributed by atoms with Crippen LogP contribution in [0, 0.1) is 0 Å². The van der Waals surface area contributed by atoms with Gasteiger partial charge < -0.3 is 31.9 Å². The Hall–Kier alpha value is -3.02. The fourth-order valence-corrected chi connectivity index (χ4v) is 4.38. The summed E-state index contributed by atoms with van der Waals surface area (Å²) in [4.78, 5) is 70.8. The smallest absolute Gasteiger partial charge is 0.326 e. The van der Waals surface area contributed by atoms with Gasteiger partial charge in [0.1, 0.15) is 17.9 Å². The maximum Gasteiger partial charge on any atom is 0.326 e. The highest BCUT2D eigenvalue weighted by Gasteiger charge is 2.24. The Balaban J connectivity index is 4.27. The van der Waals surface area contributed by atoms with Gasteiger partial charge in [-0.2, -0.15) is 0 Å². The number of carboxylic acid groups (broad SMARTS) is 2. The summed E-state index contributed by atoms with van der Waals surface area (Å²) in [6.45, 7) is 3.97. The summed E-state index contributed by atoms with van der Waals surface area (Å²) in [5.74, 6) is -4.12. The van der Waals surface area contributed by atoms with Crippen LogP contribution >= 0.6 is 0 Å². The normalized spacial score (nSPS) is 13.0. The van der Waals surface area contributed by atoms with Crippen molar-refractivity contribution in [2.45, 2.75) is 148 Å². The quantitative estimate of drug-likeness (QED) is 0.0767. The Kier molecular flexibility index (Phi) is 22.8. The van der Waals surface area contributed by atoms with Crippen molar-refractivity contribution in [3.8, 4) is 0 Å². The molecule has 3 amide bonds. The molecule has 0 spiro atoms.